The number of piperidine rings is 1. The summed E-state index contributed by atoms with van der Waals surface area (Å²) < 4.78 is 61.8. The summed E-state index contributed by atoms with van der Waals surface area (Å²) in [5.41, 5.74) is 1.93. The number of alkyl halides is 4. The maximum Gasteiger partial charge on any atom is 0.407 e. The second kappa shape index (κ2) is 10.4. The third-order valence-electron chi connectivity index (χ3n) is 7.29. The number of nitrogens with one attached hydrogen (secondary N) is 4. The average molecular weight is 527 g/mol. The van der Waals surface area contributed by atoms with Crippen LogP contribution < -0.4 is 21.4 Å². The number of hydrogen-bond donors (Lipinski definition) is 4. The Hall–Kier alpha value is -2.46. The van der Waals surface area contributed by atoms with Crippen LogP contribution in [0.2, 0.25) is 0 Å². The van der Waals surface area contributed by atoms with Crippen molar-refractivity contribution in [3.8, 4) is 6.07 Å². The van der Waals surface area contributed by atoms with E-state index < -0.39 is 41.6 Å². The molecule has 3 aliphatic heterocycles. The fraction of sp³-hybridized carbons (Fsp3) is 0.680. The molecule has 4 rings (SSSR count). The first-order chi connectivity index (χ1) is 17.4. The lowest BCUT2D eigenvalue weighted by atomic mass is 9.81. The standard InChI is InChI=1S/C25H34F4N6O2/c1-23(2,3)33-20(25(27,28)29)15-4-6-16(7-5-15)32-21-19-17(8-12-31-22(19)36)35(34-21)24(9-11-30)10-13-37-14-18(24)26/h4-7,17-21,32-34H,8-10,12-14H2,1-3H3,(H,31,36)/t17?,18-,19?,20+,21?,24+/m0/s1. The highest BCUT2D eigenvalue weighted by molar-refractivity contribution is 5.82. The van der Waals surface area contributed by atoms with Gasteiger partial charge in [-0.3, -0.25) is 10.1 Å². The van der Waals surface area contributed by atoms with Crippen molar-refractivity contribution in [1.29, 1.82) is 5.26 Å². The van der Waals surface area contributed by atoms with E-state index in [1.165, 1.54) is 24.3 Å². The van der Waals surface area contributed by atoms with E-state index in [0.717, 1.165) is 0 Å². The van der Waals surface area contributed by atoms with E-state index in [0.29, 0.717) is 31.7 Å². The van der Waals surface area contributed by atoms with Crippen LogP contribution in [0.3, 0.4) is 0 Å². The van der Waals surface area contributed by atoms with Gasteiger partial charge in [-0.2, -0.15) is 18.4 Å². The van der Waals surface area contributed by atoms with E-state index in [4.69, 9.17) is 4.74 Å². The molecule has 0 spiro atoms. The van der Waals surface area contributed by atoms with Gasteiger partial charge < -0.3 is 15.4 Å². The van der Waals surface area contributed by atoms with Gasteiger partial charge in [-0.1, -0.05) is 12.1 Å². The van der Waals surface area contributed by atoms with Gasteiger partial charge in [-0.25, -0.2) is 14.8 Å². The Morgan fingerprint density at radius 1 is 1.27 bits per heavy atom. The molecule has 0 aliphatic carbocycles. The molecule has 1 aromatic carbocycles. The molecule has 204 valence electrons. The Kier molecular flexibility index (Phi) is 7.72. The van der Waals surface area contributed by atoms with E-state index in [1.807, 2.05) is 0 Å². The molecular weight excluding hydrogens is 492 g/mol. The molecule has 4 N–H and O–H groups in total. The van der Waals surface area contributed by atoms with Gasteiger partial charge in [0.25, 0.3) is 0 Å². The van der Waals surface area contributed by atoms with E-state index in [9.17, 15) is 23.2 Å². The summed E-state index contributed by atoms with van der Waals surface area (Å²) in [6.45, 7) is 5.60. The van der Waals surface area contributed by atoms with Crippen LogP contribution in [0.5, 0.6) is 0 Å². The number of carbonyl (C=O) groups excluding carboxylic acids is 1. The maximum atomic E-state index is 15.3. The predicted octanol–water partition coefficient (Wildman–Crippen LogP) is 3.15. The van der Waals surface area contributed by atoms with Crippen LogP contribution in [0.15, 0.2) is 24.3 Å². The number of carbonyl (C=O) groups is 1. The van der Waals surface area contributed by atoms with Crippen LogP contribution in [0, 0.1) is 17.2 Å². The zero-order valence-corrected chi connectivity index (χ0v) is 21.2. The first-order valence-corrected chi connectivity index (χ1v) is 12.5. The summed E-state index contributed by atoms with van der Waals surface area (Å²) in [6.07, 6.45) is -5.77. The smallest absolute Gasteiger partial charge is 0.378 e. The van der Waals surface area contributed by atoms with E-state index >= 15 is 4.39 Å². The van der Waals surface area contributed by atoms with Crippen molar-refractivity contribution in [2.45, 2.75) is 81.7 Å². The van der Waals surface area contributed by atoms with Gasteiger partial charge in [0.05, 0.1) is 30.6 Å². The number of ether oxygens (including phenoxy) is 1. The normalized spacial score (nSPS) is 31.8. The lowest BCUT2D eigenvalue weighted by Gasteiger charge is -2.48. The SMILES string of the molecule is CC(C)(C)N[C@H](c1ccc(NC2NN([C@]3(CC#N)CCOC[C@@H]3F)C3CCNC(=O)C23)cc1)C(F)(F)F. The third kappa shape index (κ3) is 5.70. The summed E-state index contributed by atoms with van der Waals surface area (Å²) in [4.78, 5) is 12.9. The highest BCUT2D eigenvalue weighted by Crippen LogP contribution is 2.41. The number of anilines is 1. The Bertz CT molecular complexity index is 1010. The molecule has 3 aliphatic rings. The number of halogens is 4. The zero-order valence-electron chi connectivity index (χ0n) is 21.2. The van der Waals surface area contributed by atoms with Crippen LogP contribution in [0.25, 0.3) is 0 Å². The fourth-order valence-corrected chi connectivity index (χ4v) is 5.56. The fourth-order valence-electron chi connectivity index (χ4n) is 5.56. The number of amides is 1. The first-order valence-electron chi connectivity index (χ1n) is 12.5. The highest BCUT2D eigenvalue weighted by atomic mass is 19.4. The Morgan fingerprint density at radius 2 is 1.97 bits per heavy atom. The quantitative estimate of drug-likeness (QED) is 0.423. The molecule has 3 saturated heterocycles. The summed E-state index contributed by atoms with van der Waals surface area (Å²) in [5.74, 6) is -0.800. The number of nitriles is 1. The van der Waals surface area contributed by atoms with Crippen molar-refractivity contribution < 1.29 is 27.1 Å². The topological polar surface area (TPSA) is 101 Å². The van der Waals surface area contributed by atoms with Crippen molar-refractivity contribution in [1.82, 2.24) is 21.1 Å². The number of fused-ring (bicyclic) bond motifs is 1. The molecular formula is C25H34F4N6O2. The molecule has 0 aromatic heterocycles. The van der Waals surface area contributed by atoms with Crippen molar-refractivity contribution in [2.24, 2.45) is 5.92 Å². The Labute approximate surface area is 214 Å². The highest BCUT2D eigenvalue weighted by Gasteiger charge is 2.58. The molecule has 0 saturated carbocycles. The van der Waals surface area contributed by atoms with Gasteiger partial charge in [0, 0.05) is 30.4 Å². The molecule has 1 amide bonds. The molecule has 0 bridgehead atoms. The van der Waals surface area contributed by atoms with Crippen LogP contribution >= 0.6 is 0 Å². The van der Waals surface area contributed by atoms with Crippen molar-refractivity contribution in [3.63, 3.8) is 0 Å². The van der Waals surface area contributed by atoms with Crippen LogP contribution in [-0.4, -0.2) is 66.3 Å². The van der Waals surface area contributed by atoms with Gasteiger partial charge in [0.1, 0.15) is 18.4 Å². The second-order valence-corrected chi connectivity index (χ2v) is 11.0. The summed E-state index contributed by atoms with van der Waals surface area (Å²) in [7, 11) is 0. The van der Waals surface area contributed by atoms with Crippen molar-refractivity contribution in [3.05, 3.63) is 29.8 Å². The van der Waals surface area contributed by atoms with Crippen LogP contribution in [-0.2, 0) is 9.53 Å². The molecule has 3 heterocycles. The molecule has 3 unspecified atom stereocenters. The second-order valence-electron chi connectivity index (χ2n) is 11.0. The molecule has 3 fully saturated rings. The Balaban J connectivity index is 1.58. The van der Waals surface area contributed by atoms with Crippen LogP contribution in [0.1, 0.15) is 51.6 Å². The Morgan fingerprint density at radius 3 is 2.57 bits per heavy atom. The van der Waals surface area contributed by atoms with E-state index in [2.05, 4.69) is 27.4 Å². The predicted molar refractivity (Wildman–Crippen MR) is 129 cm³/mol. The van der Waals surface area contributed by atoms with Gasteiger partial charge in [-0.15, -0.1) is 0 Å². The summed E-state index contributed by atoms with van der Waals surface area (Å²) in [5, 5.41) is 19.9. The zero-order chi connectivity index (χ0) is 27.0. The van der Waals surface area contributed by atoms with E-state index in [1.54, 1.807) is 25.8 Å². The van der Waals surface area contributed by atoms with Gasteiger partial charge in [0.15, 0.2) is 0 Å². The maximum absolute atomic E-state index is 15.3. The van der Waals surface area contributed by atoms with E-state index in [-0.39, 0.29) is 30.5 Å². The molecule has 8 nitrogen and oxygen atoms in total. The number of nitrogens with zero attached hydrogens (tertiary/aromatic N) is 2. The largest absolute Gasteiger partial charge is 0.407 e. The minimum absolute atomic E-state index is 0.0673. The lowest BCUT2D eigenvalue weighted by molar-refractivity contribution is -0.161. The summed E-state index contributed by atoms with van der Waals surface area (Å²) in [6, 6.07) is 5.78. The van der Waals surface area contributed by atoms with Gasteiger partial charge in [0.2, 0.25) is 5.91 Å². The number of rotatable bonds is 6. The van der Waals surface area contributed by atoms with Crippen molar-refractivity contribution >= 4 is 11.6 Å². The minimum Gasteiger partial charge on any atom is -0.378 e. The van der Waals surface area contributed by atoms with Gasteiger partial charge >= 0.3 is 6.18 Å². The molecule has 1 aromatic rings. The average Bonchev–Trinajstić information content (AvgIpc) is 3.19. The van der Waals surface area contributed by atoms with Crippen LogP contribution in [0.4, 0.5) is 23.2 Å². The summed E-state index contributed by atoms with van der Waals surface area (Å²) >= 11 is 0. The lowest BCUT2D eigenvalue weighted by Crippen LogP contribution is -2.65. The number of hydrazine groups is 1. The molecule has 6 atom stereocenters. The van der Waals surface area contributed by atoms with Gasteiger partial charge in [-0.05, 0) is 51.3 Å². The molecule has 0 radical (unpaired) electrons. The monoisotopic (exact) mass is 526 g/mol. The minimum atomic E-state index is -4.48. The first kappa shape index (κ1) is 27.6. The third-order valence-corrected chi connectivity index (χ3v) is 7.29. The molecule has 12 heteroatoms. The molecule has 37 heavy (non-hydrogen) atoms. The van der Waals surface area contributed by atoms with Crippen molar-refractivity contribution in [2.75, 3.05) is 25.1 Å². The number of hydrogen-bond acceptors (Lipinski definition) is 7. The number of benzene rings is 1.